The van der Waals surface area contributed by atoms with Crippen LogP contribution in [0.5, 0.6) is 0 Å². The minimum Gasteiger partial charge on any atom is -0.481 e. The molecule has 0 aliphatic heterocycles. The Balaban J connectivity index is 2.24. The molecule has 1 rings (SSSR count). The van der Waals surface area contributed by atoms with Crippen molar-refractivity contribution in [1.82, 2.24) is 10.6 Å². The number of carbonyl (C=O) groups is 2. The Kier molecular flexibility index (Phi) is 6.27. The van der Waals surface area contributed by atoms with Crippen LogP contribution in [0.15, 0.2) is 0 Å². The predicted octanol–water partition coefficient (Wildman–Crippen LogP) is 0.696. The zero-order chi connectivity index (χ0) is 14.4. The third-order valence-corrected chi connectivity index (χ3v) is 4.14. The Morgan fingerprint density at radius 1 is 1.42 bits per heavy atom. The Bertz CT molecular complexity index is 362. The van der Waals surface area contributed by atoms with E-state index in [2.05, 4.69) is 10.6 Å². The summed E-state index contributed by atoms with van der Waals surface area (Å²) >= 11 is 0. The van der Waals surface area contributed by atoms with Crippen LogP contribution < -0.4 is 10.6 Å². The van der Waals surface area contributed by atoms with Crippen LogP contribution in [0.1, 0.15) is 32.6 Å². The Hall–Kier alpha value is -1.11. The zero-order valence-electron chi connectivity index (χ0n) is 11.3. The topological polar surface area (TPSA) is 95.5 Å². The summed E-state index contributed by atoms with van der Waals surface area (Å²) in [7, 11) is -0.852. The van der Waals surface area contributed by atoms with Gasteiger partial charge in [0.25, 0.3) is 0 Å². The maximum absolute atomic E-state index is 11.7. The maximum atomic E-state index is 11.7. The molecule has 4 atom stereocenters. The molecule has 2 unspecified atom stereocenters. The molecule has 1 aliphatic rings. The predicted molar refractivity (Wildman–Crippen MR) is 73.4 cm³/mol. The number of hydrogen-bond acceptors (Lipinski definition) is 3. The molecule has 0 bridgehead atoms. The standard InChI is InChI=1S/C12H22N2O4S/c1-8(5-6-19(2)18)13-12(17)14-10-4-3-9(7-10)11(15)16/h8-10H,3-7H2,1-2H3,(H,15,16)(H2,13,14,17)/t8?,9-,10+,19?/m1/s1. The molecule has 3 N–H and O–H groups in total. The highest BCUT2D eigenvalue weighted by Crippen LogP contribution is 2.25. The van der Waals surface area contributed by atoms with Gasteiger partial charge in [-0.15, -0.1) is 0 Å². The number of rotatable bonds is 6. The van der Waals surface area contributed by atoms with Crippen LogP contribution in [0, 0.1) is 5.92 Å². The van der Waals surface area contributed by atoms with E-state index in [1.165, 1.54) is 0 Å². The van der Waals surface area contributed by atoms with E-state index in [1.807, 2.05) is 6.92 Å². The molecule has 7 heteroatoms. The fourth-order valence-electron chi connectivity index (χ4n) is 2.20. The molecule has 2 amide bonds. The van der Waals surface area contributed by atoms with E-state index >= 15 is 0 Å². The van der Waals surface area contributed by atoms with Gasteiger partial charge in [0.1, 0.15) is 0 Å². The fraction of sp³-hybridized carbons (Fsp3) is 0.833. The first-order chi connectivity index (χ1) is 8.88. The Labute approximate surface area is 115 Å². The average molecular weight is 290 g/mol. The number of urea groups is 1. The number of aliphatic carboxylic acids is 1. The molecule has 0 aromatic carbocycles. The lowest BCUT2D eigenvalue weighted by Crippen LogP contribution is -2.45. The van der Waals surface area contributed by atoms with Gasteiger partial charge >= 0.3 is 12.0 Å². The van der Waals surface area contributed by atoms with Crippen molar-refractivity contribution in [2.75, 3.05) is 12.0 Å². The van der Waals surface area contributed by atoms with Crippen molar-refractivity contribution in [3.05, 3.63) is 0 Å². The second kappa shape index (κ2) is 7.47. The number of amides is 2. The molecular weight excluding hydrogens is 268 g/mol. The highest BCUT2D eigenvalue weighted by molar-refractivity contribution is 7.84. The third-order valence-electron chi connectivity index (χ3n) is 3.33. The van der Waals surface area contributed by atoms with Gasteiger partial charge in [-0.2, -0.15) is 0 Å². The van der Waals surface area contributed by atoms with Crippen molar-refractivity contribution < 1.29 is 18.9 Å². The van der Waals surface area contributed by atoms with Crippen LogP contribution in [0.25, 0.3) is 0 Å². The molecule has 6 nitrogen and oxygen atoms in total. The van der Waals surface area contributed by atoms with Crippen LogP contribution in [0.3, 0.4) is 0 Å². The van der Waals surface area contributed by atoms with Gasteiger partial charge < -0.3 is 15.7 Å². The molecule has 0 aromatic heterocycles. The Morgan fingerprint density at radius 3 is 2.63 bits per heavy atom. The summed E-state index contributed by atoms with van der Waals surface area (Å²) in [6.45, 7) is 1.86. The molecule has 0 heterocycles. The molecule has 0 radical (unpaired) electrons. The molecule has 1 saturated carbocycles. The molecule has 1 aliphatic carbocycles. The second-order valence-electron chi connectivity index (χ2n) is 5.13. The quantitative estimate of drug-likeness (QED) is 0.671. The lowest BCUT2D eigenvalue weighted by atomic mass is 10.1. The normalized spacial score (nSPS) is 25.6. The van der Waals surface area contributed by atoms with E-state index < -0.39 is 16.8 Å². The lowest BCUT2D eigenvalue weighted by Gasteiger charge is -2.17. The number of carbonyl (C=O) groups excluding carboxylic acids is 1. The van der Waals surface area contributed by atoms with Gasteiger partial charge in [0.15, 0.2) is 0 Å². The smallest absolute Gasteiger partial charge is 0.315 e. The van der Waals surface area contributed by atoms with Crippen molar-refractivity contribution in [2.24, 2.45) is 5.92 Å². The van der Waals surface area contributed by atoms with Gasteiger partial charge in [0, 0.05) is 34.9 Å². The van der Waals surface area contributed by atoms with Crippen LogP contribution >= 0.6 is 0 Å². The molecular formula is C12H22N2O4S. The molecule has 1 fully saturated rings. The average Bonchev–Trinajstić information content (AvgIpc) is 2.74. The molecule has 0 aromatic rings. The number of carboxylic acids is 1. The van der Waals surface area contributed by atoms with E-state index in [-0.39, 0.29) is 24.0 Å². The molecule has 110 valence electrons. The summed E-state index contributed by atoms with van der Waals surface area (Å²) < 4.78 is 10.9. The third kappa shape index (κ3) is 6.04. The van der Waals surface area contributed by atoms with Crippen LogP contribution in [0.4, 0.5) is 4.79 Å². The van der Waals surface area contributed by atoms with Gasteiger partial charge in [-0.3, -0.25) is 9.00 Å². The maximum Gasteiger partial charge on any atom is 0.315 e. The first kappa shape index (κ1) is 15.9. The highest BCUT2D eigenvalue weighted by Gasteiger charge is 2.30. The number of hydrogen-bond donors (Lipinski definition) is 3. The largest absolute Gasteiger partial charge is 0.481 e. The Morgan fingerprint density at radius 2 is 2.11 bits per heavy atom. The van der Waals surface area contributed by atoms with E-state index in [0.717, 1.165) is 0 Å². The minimum absolute atomic E-state index is 0.0411. The summed E-state index contributed by atoms with van der Waals surface area (Å²) in [5.74, 6) is -0.569. The SMILES string of the molecule is CC(CCS(C)=O)NC(=O)N[C@H]1CC[C@@H](C(=O)O)C1. The van der Waals surface area contributed by atoms with Crippen LogP contribution in [-0.4, -0.2) is 45.4 Å². The van der Waals surface area contributed by atoms with Gasteiger partial charge in [-0.25, -0.2) is 4.79 Å². The highest BCUT2D eigenvalue weighted by atomic mass is 32.2. The van der Waals surface area contributed by atoms with E-state index in [1.54, 1.807) is 6.26 Å². The van der Waals surface area contributed by atoms with Crippen molar-refractivity contribution in [2.45, 2.75) is 44.7 Å². The van der Waals surface area contributed by atoms with Crippen LogP contribution in [-0.2, 0) is 15.6 Å². The lowest BCUT2D eigenvalue weighted by molar-refractivity contribution is -0.141. The summed E-state index contributed by atoms with van der Waals surface area (Å²) in [5, 5.41) is 14.4. The van der Waals surface area contributed by atoms with Crippen molar-refractivity contribution >= 4 is 22.8 Å². The van der Waals surface area contributed by atoms with E-state index in [4.69, 9.17) is 5.11 Å². The minimum atomic E-state index is -0.852. The summed E-state index contributed by atoms with van der Waals surface area (Å²) in [6, 6.07) is -0.375. The second-order valence-corrected chi connectivity index (χ2v) is 6.68. The molecule has 19 heavy (non-hydrogen) atoms. The van der Waals surface area contributed by atoms with E-state index in [0.29, 0.717) is 31.4 Å². The van der Waals surface area contributed by atoms with Gasteiger partial charge in [0.2, 0.25) is 0 Å². The van der Waals surface area contributed by atoms with Gasteiger partial charge in [0.05, 0.1) is 5.92 Å². The summed E-state index contributed by atoms with van der Waals surface area (Å²) in [5.41, 5.74) is 0. The van der Waals surface area contributed by atoms with Crippen molar-refractivity contribution in [1.29, 1.82) is 0 Å². The van der Waals surface area contributed by atoms with E-state index in [9.17, 15) is 13.8 Å². The van der Waals surface area contributed by atoms with Gasteiger partial charge in [-0.05, 0) is 32.6 Å². The fourth-order valence-corrected chi connectivity index (χ4v) is 2.89. The first-order valence-corrected chi connectivity index (χ1v) is 8.21. The summed E-state index contributed by atoms with van der Waals surface area (Å²) in [6.07, 6.45) is 4.12. The first-order valence-electron chi connectivity index (χ1n) is 6.48. The monoisotopic (exact) mass is 290 g/mol. The molecule has 0 spiro atoms. The zero-order valence-corrected chi connectivity index (χ0v) is 12.2. The van der Waals surface area contributed by atoms with Gasteiger partial charge in [-0.1, -0.05) is 0 Å². The summed E-state index contributed by atoms with van der Waals surface area (Å²) in [4.78, 5) is 22.5. The van der Waals surface area contributed by atoms with Crippen molar-refractivity contribution in [3.63, 3.8) is 0 Å². The van der Waals surface area contributed by atoms with Crippen LogP contribution in [0.2, 0.25) is 0 Å². The number of nitrogens with one attached hydrogen (secondary N) is 2. The number of carboxylic acid groups (broad SMARTS) is 1. The van der Waals surface area contributed by atoms with Crippen molar-refractivity contribution in [3.8, 4) is 0 Å². The molecule has 0 saturated heterocycles.